The maximum atomic E-state index is 11.0. The molecule has 2 N–H and O–H groups in total. The molecular weight excluding hydrogens is 339 g/mol. The largest absolute Gasteiger partial charge is 0.481 e. The Balaban J connectivity index is 1.93. The van der Waals surface area contributed by atoms with Crippen molar-refractivity contribution in [3.8, 4) is 5.69 Å². The summed E-state index contributed by atoms with van der Waals surface area (Å²) in [5.41, 5.74) is 0.637. The molecule has 0 bridgehead atoms. The van der Waals surface area contributed by atoms with Gasteiger partial charge in [-0.15, -0.1) is 5.10 Å². The van der Waals surface area contributed by atoms with Crippen LogP contribution in [0, 0.1) is 5.41 Å². The van der Waals surface area contributed by atoms with Gasteiger partial charge in [0.1, 0.15) is 0 Å². The molecule has 0 aliphatic carbocycles. The minimum absolute atomic E-state index is 0.418. The van der Waals surface area contributed by atoms with Gasteiger partial charge in [-0.3, -0.25) is 4.79 Å². The van der Waals surface area contributed by atoms with Crippen molar-refractivity contribution in [3.05, 3.63) is 40.1 Å². The number of halogens is 2. The van der Waals surface area contributed by atoms with E-state index in [2.05, 4.69) is 15.6 Å². The first-order chi connectivity index (χ1) is 10.8. The number of carboxylic acids is 1. The van der Waals surface area contributed by atoms with E-state index in [0.29, 0.717) is 35.2 Å². The lowest BCUT2D eigenvalue weighted by molar-refractivity contribution is -0.147. The molecule has 0 spiro atoms. The molecule has 2 aromatic rings. The second-order valence-corrected chi connectivity index (χ2v) is 6.63. The molecule has 0 saturated carbocycles. The lowest BCUT2D eigenvalue weighted by Crippen LogP contribution is -2.28. The number of aromatic nitrogens is 3. The van der Waals surface area contributed by atoms with Crippen molar-refractivity contribution in [2.45, 2.75) is 26.8 Å². The Morgan fingerprint density at radius 1 is 1.39 bits per heavy atom. The first kappa shape index (κ1) is 17.7. The molecule has 0 amide bonds. The van der Waals surface area contributed by atoms with Gasteiger partial charge in [-0.05, 0) is 38.9 Å². The van der Waals surface area contributed by atoms with Crippen LogP contribution in [0.1, 0.15) is 26.0 Å². The van der Waals surface area contributed by atoms with Crippen LogP contribution in [0.25, 0.3) is 5.69 Å². The summed E-state index contributed by atoms with van der Waals surface area (Å²) < 4.78 is 1.56. The quantitative estimate of drug-likeness (QED) is 0.744. The van der Waals surface area contributed by atoms with Gasteiger partial charge in [-0.25, -0.2) is 4.68 Å². The van der Waals surface area contributed by atoms with Crippen molar-refractivity contribution in [2.75, 3.05) is 6.54 Å². The van der Waals surface area contributed by atoms with Crippen molar-refractivity contribution < 1.29 is 9.90 Å². The van der Waals surface area contributed by atoms with E-state index < -0.39 is 11.4 Å². The molecule has 0 atom stereocenters. The molecule has 0 fully saturated rings. The van der Waals surface area contributed by atoms with E-state index >= 15 is 0 Å². The SMILES string of the molecule is CC(C)(CCNCc1cn(-c2cccc(Cl)c2Cl)nn1)C(=O)O. The number of carboxylic acid groups (broad SMARTS) is 1. The first-order valence-electron chi connectivity index (χ1n) is 7.11. The van der Waals surface area contributed by atoms with Gasteiger partial charge in [0, 0.05) is 6.54 Å². The molecule has 6 nitrogen and oxygen atoms in total. The van der Waals surface area contributed by atoms with E-state index in [9.17, 15) is 4.79 Å². The molecule has 1 aromatic carbocycles. The van der Waals surface area contributed by atoms with Crippen LogP contribution in [0.4, 0.5) is 0 Å². The number of nitrogens with zero attached hydrogens (tertiary/aromatic N) is 3. The van der Waals surface area contributed by atoms with Crippen LogP contribution in [-0.2, 0) is 11.3 Å². The summed E-state index contributed by atoms with van der Waals surface area (Å²) in [6.07, 6.45) is 2.28. The van der Waals surface area contributed by atoms with Gasteiger partial charge in [0.15, 0.2) is 0 Å². The number of carbonyl (C=O) groups is 1. The monoisotopic (exact) mass is 356 g/mol. The minimum atomic E-state index is -0.805. The van der Waals surface area contributed by atoms with Gasteiger partial charge in [0.2, 0.25) is 0 Å². The Morgan fingerprint density at radius 2 is 2.13 bits per heavy atom. The number of rotatable bonds is 7. The molecule has 0 aliphatic heterocycles. The number of hydrogen-bond donors (Lipinski definition) is 2. The topological polar surface area (TPSA) is 80.0 Å². The third-order valence-corrected chi connectivity index (χ3v) is 4.34. The molecule has 8 heteroatoms. The van der Waals surface area contributed by atoms with Gasteiger partial charge in [-0.2, -0.15) is 0 Å². The van der Waals surface area contributed by atoms with Crippen LogP contribution in [0.3, 0.4) is 0 Å². The summed E-state index contributed by atoms with van der Waals surface area (Å²) in [6, 6.07) is 5.30. The molecule has 23 heavy (non-hydrogen) atoms. The van der Waals surface area contributed by atoms with E-state index in [0.717, 1.165) is 5.69 Å². The van der Waals surface area contributed by atoms with Crippen molar-refractivity contribution in [3.63, 3.8) is 0 Å². The van der Waals surface area contributed by atoms with E-state index in [4.69, 9.17) is 28.3 Å². The Morgan fingerprint density at radius 3 is 2.83 bits per heavy atom. The Labute approximate surface area is 144 Å². The highest BCUT2D eigenvalue weighted by Gasteiger charge is 2.26. The fourth-order valence-corrected chi connectivity index (χ4v) is 2.27. The van der Waals surface area contributed by atoms with E-state index in [1.165, 1.54) is 0 Å². The van der Waals surface area contributed by atoms with Gasteiger partial charge in [-0.1, -0.05) is 34.5 Å². The fourth-order valence-electron chi connectivity index (χ4n) is 1.89. The molecule has 124 valence electrons. The van der Waals surface area contributed by atoms with Crippen LogP contribution in [0.2, 0.25) is 10.0 Å². The van der Waals surface area contributed by atoms with Crippen molar-refractivity contribution in [2.24, 2.45) is 5.41 Å². The fraction of sp³-hybridized carbons (Fsp3) is 0.400. The summed E-state index contributed by atoms with van der Waals surface area (Å²) in [5, 5.41) is 21.2. The molecule has 1 heterocycles. The highest BCUT2D eigenvalue weighted by molar-refractivity contribution is 6.43. The second-order valence-electron chi connectivity index (χ2n) is 5.84. The smallest absolute Gasteiger partial charge is 0.309 e. The van der Waals surface area contributed by atoms with Gasteiger partial charge in [0.25, 0.3) is 0 Å². The van der Waals surface area contributed by atoms with Crippen LogP contribution < -0.4 is 5.32 Å². The number of benzene rings is 1. The van der Waals surface area contributed by atoms with Gasteiger partial charge >= 0.3 is 5.97 Å². The van der Waals surface area contributed by atoms with Crippen molar-refractivity contribution in [1.29, 1.82) is 0 Å². The predicted octanol–water partition coefficient (Wildman–Crippen LogP) is 3.16. The van der Waals surface area contributed by atoms with Crippen LogP contribution >= 0.6 is 23.2 Å². The molecule has 0 saturated heterocycles. The highest BCUT2D eigenvalue weighted by atomic mass is 35.5. The minimum Gasteiger partial charge on any atom is -0.481 e. The summed E-state index contributed by atoms with van der Waals surface area (Å²) in [6.45, 7) is 4.47. The van der Waals surface area contributed by atoms with E-state index in [1.807, 2.05) is 0 Å². The van der Waals surface area contributed by atoms with Crippen molar-refractivity contribution in [1.82, 2.24) is 20.3 Å². The first-order valence-corrected chi connectivity index (χ1v) is 7.86. The zero-order chi connectivity index (χ0) is 17.0. The summed E-state index contributed by atoms with van der Waals surface area (Å²) >= 11 is 12.1. The number of nitrogens with one attached hydrogen (secondary N) is 1. The van der Waals surface area contributed by atoms with E-state index in [1.54, 1.807) is 42.9 Å². The molecule has 1 aromatic heterocycles. The summed E-state index contributed by atoms with van der Waals surface area (Å²) in [7, 11) is 0. The average molecular weight is 357 g/mol. The standard InChI is InChI=1S/C15H18Cl2N4O2/c1-15(2,14(22)23)6-7-18-8-10-9-21(20-19-10)12-5-3-4-11(16)13(12)17/h3-5,9,18H,6-8H2,1-2H3,(H,22,23). The van der Waals surface area contributed by atoms with E-state index in [-0.39, 0.29) is 0 Å². The molecular formula is C15H18Cl2N4O2. The third kappa shape index (κ3) is 4.43. The second kappa shape index (κ2) is 7.29. The van der Waals surface area contributed by atoms with Gasteiger partial charge < -0.3 is 10.4 Å². The zero-order valence-electron chi connectivity index (χ0n) is 12.9. The summed E-state index contributed by atoms with van der Waals surface area (Å²) in [5.74, 6) is -0.805. The summed E-state index contributed by atoms with van der Waals surface area (Å²) in [4.78, 5) is 11.0. The average Bonchev–Trinajstić information content (AvgIpc) is 2.95. The van der Waals surface area contributed by atoms with Crippen molar-refractivity contribution >= 4 is 29.2 Å². The van der Waals surface area contributed by atoms with Crippen LogP contribution in [-0.4, -0.2) is 32.6 Å². The zero-order valence-corrected chi connectivity index (χ0v) is 14.4. The predicted molar refractivity (Wildman–Crippen MR) is 89.1 cm³/mol. The maximum absolute atomic E-state index is 11.0. The molecule has 0 radical (unpaired) electrons. The lowest BCUT2D eigenvalue weighted by atomic mass is 9.90. The van der Waals surface area contributed by atoms with Crippen LogP contribution in [0.15, 0.2) is 24.4 Å². The Bertz CT molecular complexity index is 701. The Kier molecular flexibility index (Phi) is 5.62. The molecule has 2 rings (SSSR count). The molecule has 0 aliphatic rings. The normalized spacial score (nSPS) is 11.7. The van der Waals surface area contributed by atoms with Gasteiger partial charge in [0.05, 0.1) is 33.0 Å². The number of hydrogen-bond acceptors (Lipinski definition) is 4. The third-order valence-electron chi connectivity index (χ3n) is 3.53. The lowest BCUT2D eigenvalue weighted by Gasteiger charge is -2.18. The number of aliphatic carboxylic acids is 1. The van der Waals surface area contributed by atoms with Crippen LogP contribution in [0.5, 0.6) is 0 Å². The maximum Gasteiger partial charge on any atom is 0.309 e. The Hall–Kier alpha value is -1.63. The highest BCUT2D eigenvalue weighted by Crippen LogP contribution is 2.27. The molecule has 0 unspecified atom stereocenters.